The molecular weight excluding hydrogens is 302 g/mol. The zero-order valence-corrected chi connectivity index (χ0v) is 14.9. The van der Waals surface area contributed by atoms with E-state index >= 15 is 0 Å². The topological polar surface area (TPSA) is 64.6 Å². The Labute approximate surface area is 145 Å². The molecule has 1 aromatic carbocycles. The maximum atomic E-state index is 11.9. The Balaban J connectivity index is 1.87. The Kier molecular flexibility index (Phi) is 7.53. The van der Waals surface area contributed by atoms with Crippen LogP contribution in [-0.4, -0.2) is 41.8 Å². The smallest absolute Gasteiger partial charge is 0.315 e. The number of hydrogen-bond acceptors (Lipinski definition) is 3. The third-order valence-electron chi connectivity index (χ3n) is 4.63. The lowest BCUT2D eigenvalue weighted by Crippen LogP contribution is -2.41. The molecule has 0 bridgehead atoms. The van der Waals surface area contributed by atoms with Crippen molar-refractivity contribution < 1.29 is 9.90 Å². The first-order valence-corrected chi connectivity index (χ1v) is 9.03. The minimum Gasteiger partial charge on any atom is -0.396 e. The standard InChI is InChI=1S/C19H31N3O2/c1-15-6-5-10-22(13-15)14-18-8-4-3-7-17(18)12-20-19(24)21-16(2)9-11-23/h3-4,7-8,15-16,23H,5-6,9-14H2,1-2H3,(H2,20,21,24)/t15?,16-/m1/s1. The van der Waals surface area contributed by atoms with E-state index in [1.165, 1.54) is 24.0 Å². The van der Waals surface area contributed by atoms with E-state index in [2.05, 4.69) is 40.7 Å². The van der Waals surface area contributed by atoms with Gasteiger partial charge in [0.15, 0.2) is 0 Å². The normalized spacial score (nSPS) is 19.7. The van der Waals surface area contributed by atoms with E-state index in [9.17, 15) is 4.79 Å². The predicted octanol–water partition coefficient (Wildman–Crippen LogP) is 2.49. The Morgan fingerprint density at radius 2 is 2.12 bits per heavy atom. The lowest BCUT2D eigenvalue weighted by Gasteiger charge is -2.31. The van der Waals surface area contributed by atoms with Gasteiger partial charge in [0, 0.05) is 32.3 Å². The summed E-state index contributed by atoms with van der Waals surface area (Å²) in [5.74, 6) is 0.767. The number of aliphatic hydroxyl groups excluding tert-OH is 1. The molecule has 0 aliphatic carbocycles. The molecule has 1 aliphatic heterocycles. The molecule has 3 N–H and O–H groups in total. The van der Waals surface area contributed by atoms with Crippen LogP contribution in [0.5, 0.6) is 0 Å². The molecule has 134 valence electrons. The first-order chi connectivity index (χ1) is 11.6. The van der Waals surface area contributed by atoms with Gasteiger partial charge < -0.3 is 15.7 Å². The van der Waals surface area contributed by atoms with E-state index in [1.807, 2.05) is 13.0 Å². The summed E-state index contributed by atoms with van der Waals surface area (Å²) in [7, 11) is 0. The fraction of sp³-hybridized carbons (Fsp3) is 0.632. The number of nitrogens with zero attached hydrogens (tertiary/aromatic N) is 1. The lowest BCUT2D eigenvalue weighted by atomic mass is 9.99. The van der Waals surface area contributed by atoms with E-state index < -0.39 is 0 Å². The number of carbonyl (C=O) groups excluding carboxylic acids is 1. The minimum atomic E-state index is -0.183. The maximum Gasteiger partial charge on any atom is 0.315 e. The van der Waals surface area contributed by atoms with Crippen molar-refractivity contribution in [3.63, 3.8) is 0 Å². The predicted molar refractivity (Wildman–Crippen MR) is 96.7 cm³/mol. The van der Waals surface area contributed by atoms with Crippen LogP contribution in [-0.2, 0) is 13.1 Å². The molecule has 2 atom stereocenters. The van der Waals surface area contributed by atoms with Gasteiger partial charge in [0.05, 0.1) is 0 Å². The zero-order chi connectivity index (χ0) is 17.4. The minimum absolute atomic E-state index is 0.0277. The number of piperidine rings is 1. The number of carbonyl (C=O) groups is 1. The first-order valence-electron chi connectivity index (χ1n) is 9.03. The zero-order valence-electron chi connectivity index (χ0n) is 14.9. The molecule has 1 aliphatic rings. The van der Waals surface area contributed by atoms with E-state index in [0.717, 1.165) is 25.6 Å². The summed E-state index contributed by atoms with van der Waals surface area (Å²) in [5, 5.41) is 14.7. The van der Waals surface area contributed by atoms with Crippen LogP contribution in [0.2, 0.25) is 0 Å². The van der Waals surface area contributed by atoms with Gasteiger partial charge in [-0.25, -0.2) is 4.79 Å². The average Bonchev–Trinajstić information content (AvgIpc) is 2.54. The van der Waals surface area contributed by atoms with Crippen molar-refractivity contribution in [1.82, 2.24) is 15.5 Å². The molecule has 0 spiro atoms. The molecule has 5 nitrogen and oxygen atoms in total. The highest BCUT2D eigenvalue weighted by Gasteiger charge is 2.17. The summed E-state index contributed by atoms with van der Waals surface area (Å²) in [6.45, 7) is 8.07. The van der Waals surface area contributed by atoms with Crippen molar-refractivity contribution in [3.8, 4) is 0 Å². The van der Waals surface area contributed by atoms with Crippen molar-refractivity contribution in [2.45, 2.75) is 52.2 Å². The fourth-order valence-electron chi connectivity index (χ4n) is 3.27. The van der Waals surface area contributed by atoms with Crippen molar-refractivity contribution >= 4 is 6.03 Å². The molecule has 2 rings (SSSR count). The highest BCUT2D eigenvalue weighted by molar-refractivity contribution is 5.74. The molecule has 1 aromatic rings. The number of urea groups is 1. The quantitative estimate of drug-likeness (QED) is 0.718. The van der Waals surface area contributed by atoms with E-state index in [1.54, 1.807) is 0 Å². The molecule has 0 radical (unpaired) electrons. The number of aliphatic hydroxyl groups is 1. The molecule has 1 unspecified atom stereocenters. The van der Waals surface area contributed by atoms with Gasteiger partial charge in [0.1, 0.15) is 0 Å². The molecule has 0 saturated carbocycles. The number of hydrogen-bond donors (Lipinski definition) is 3. The number of benzene rings is 1. The second-order valence-electron chi connectivity index (χ2n) is 6.99. The molecule has 2 amide bonds. The van der Waals surface area contributed by atoms with Crippen LogP contribution in [0.1, 0.15) is 44.2 Å². The molecule has 24 heavy (non-hydrogen) atoms. The summed E-state index contributed by atoms with van der Waals surface area (Å²) in [5.41, 5.74) is 2.45. The summed E-state index contributed by atoms with van der Waals surface area (Å²) < 4.78 is 0. The van der Waals surface area contributed by atoms with E-state index in [0.29, 0.717) is 13.0 Å². The summed E-state index contributed by atoms with van der Waals surface area (Å²) >= 11 is 0. The largest absolute Gasteiger partial charge is 0.396 e. The van der Waals surface area contributed by atoms with Gasteiger partial charge in [0.2, 0.25) is 0 Å². The Hall–Kier alpha value is -1.59. The molecule has 1 saturated heterocycles. The van der Waals surface area contributed by atoms with Crippen LogP contribution in [0.25, 0.3) is 0 Å². The van der Waals surface area contributed by atoms with Crippen LogP contribution >= 0.6 is 0 Å². The SMILES string of the molecule is CC1CCCN(Cc2ccccc2CNC(=O)N[C@H](C)CCO)C1. The monoisotopic (exact) mass is 333 g/mol. The van der Waals surface area contributed by atoms with Crippen molar-refractivity contribution in [2.75, 3.05) is 19.7 Å². The Bertz CT molecular complexity index is 521. The molecular formula is C19H31N3O2. The van der Waals surface area contributed by atoms with Gasteiger partial charge in [-0.15, -0.1) is 0 Å². The van der Waals surface area contributed by atoms with Gasteiger partial charge in [-0.1, -0.05) is 31.2 Å². The van der Waals surface area contributed by atoms with Crippen molar-refractivity contribution in [2.24, 2.45) is 5.92 Å². The maximum absolute atomic E-state index is 11.9. The molecule has 1 fully saturated rings. The Morgan fingerprint density at radius 3 is 2.83 bits per heavy atom. The number of nitrogens with one attached hydrogen (secondary N) is 2. The summed E-state index contributed by atoms with van der Waals surface area (Å²) in [6.07, 6.45) is 3.16. The highest BCUT2D eigenvalue weighted by Crippen LogP contribution is 2.19. The van der Waals surface area contributed by atoms with E-state index in [4.69, 9.17) is 5.11 Å². The van der Waals surface area contributed by atoms with Crippen molar-refractivity contribution in [3.05, 3.63) is 35.4 Å². The third-order valence-corrected chi connectivity index (χ3v) is 4.63. The first kappa shape index (κ1) is 18.7. The van der Waals surface area contributed by atoms with Crippen LogP contribution in [0.4, 0.5) is 4.79 Å². The second-order valence-corrected chi connectivity index (χ2v) is 6.99. The van der Waals surface area contributed by atoms with Gasteiger partial charge >= 0.3 is 6.03 Å². The van der Waals surface area contributed by atoms with Gasteiger partial charge in [-0.2, -0.15) is 0 Å². The van der Waals surface area contributed by atoms with E-state index in [-0.39, 0.29) is 18.7 Å². The molecule has 5 heteroatoms. The summed E-state index contributed by atoms with van der Waals surface area (Å²) in [4.78, 5) is 14.4. The van der Waals surface area contributed by atoms with Crippen molar-refractivity contribution in [1.29, 1.82) is 0 Å². The number of likely N-dealkylation sites (tertiary alicyclic amines) is 1. The van der Waals surface area contributed by atoms with Crippen LogP contribution in [0.15, 0.2) is 24.3 Å². The lowest BCUT2D eigenvalue weighted by molar-refractivity contribution is 0.176. The Morgan fingerprint density at radius 1 is 1.38 bits per heavy atom. The molecule has 0 aromatic heterocycles. The molecule has 1 heterocycles. The second kappa shape index (κ2) is 9.64. The number of amides is 2. The van der Waals surface area contributed by atoms with Gasteiger partial charge in [-0.05, 0) is 49.8 Å². The average molecular weight is 333 g/mol. The van der Waals surface area contributed by atoms with Gasteiger partial charge in [0.25, 0.3) is 0 Å². The van der Waals surface area contributed by atoms with Crippen LogP contribution < -0.4 is 10.6 Å². The van der Waals surface area contributed by atoms with Crippen LogP contribution in [0, 0.1) is 5.92 Å². The van der Waals surface area contributed by atoms with Crippen LogP contribution in [0.3, 0.4) is 0 Å². The summed E-state index contributed by atoms with van der Waals surface area (Å²) in [6, 6.07) is 8.11. The number of rotatable bonds is 7. The fourth-order valence-corrected chi connectivity index (χ4v) is 3.27. The highest BCUT2D eigenvalue weighted by atomic mass is 16.3. The van der Waals surface area contributed by atoms with Gasteiger partial charge in [-0.3, -0.25) is 4.90 Å². The third kappa shape index (κ3) is 6.13.